The maximum absolute atomic E-state index is 13.2. The van der Waals surface area contributed by atoms with Gasteiger partial charge in [0.1, 0.15) is 11.4 Å². The number of benzene rings is 1. The summed E-state index contributed by atoms with van der Waals surface area (Å²) in [6, 6.07) is 7.45. The Hall–Kier alpha value is -3.69. The fourth-order valence-electron chi connectivity index (χ4n) is 3.52. The Balaban J connectivity index is 2.03. The van der Waals surface area contributed by atoms with Crippen molar-refractivity contribution in [3.63, 3.8) is 0 Å². The lowest BCUT2D eigenvalue weighted by atomic mass is 10.2. The number of ether oxygens (including phenoxy) is 3. The predicted molar refractivity (Wildman–Crippen MR) is 117 cm³/mol. The molecule has 0 saturated carbocycles. The molecule has 2 aromatic rings. The number of hydrogen-bond donors (Lipinski definition) is 0. The van der Waals surface area contributed by atoms with Gasteiger partial charge in [0.15, 0.2) is 5.69 Å². The first-order valence-corrected chi connectivity index (χ1v) is 10.5. The van der Waals surface area contributed by atoms with E-state index in [2.05, 4.69) is 4.98 Å². The van der Waals surface area contributed by atoms with E-state index in [1.54, 1.807) is 39.0 Å². The standard InChI is InChI=1S/C23H27N3O7/c1-23(2,3)33-22(30)26-13-9-12-15(26)18-24-16(21(29)31-5)17(19(27)25(18)4)32-20(28)14-10-7-6-8-11-14/h6-8,10-11,15H,9,12-13H2,1-5H3. The molecule has 0 aliphatic carbocycles. The maximum Gasteiger partial charge on any atom is 0.410 e. The Morgan fingerprint density at radius 2 is 1.76 bits per heavy atom. The third-order valence-corrected chi connectivity index (χ3v) is 5.05. The Bertz CT molecular complexity index is 1120. The zero-order chi connectivity index (χ0) is 24.3. The summed E-state index contributed by atoms with van der Waals surface area (Å²) >= 11 is 0. The number of aromatic nitrogens is 2. The van der Waals surface area contributed by atoms with E-state index in [1.165, 1.54) is 28.6 Å². The second-order valence-corrected chi connectivity index (χ2v) is 8.59. The van der Waals surface area contributed by atoms with Crippen molar-refractivity contribution in [1.29, 1.82) is 0 Å². The summed E-state index contributed by atoms with van der Waals surface area (Å²) in [5.74, 6) is -2.12. The van der Waals surface area contributed by atoms with Crippen molar-refractivity contribution >= 4 is 18.0 Å². The smallest absolute Gasteiger partial charge is 0.410 e. The van der Waals surface area contributed by atoms with Gasteiger partial charge < -0.3 is 14.2 Å². The topological polar surface area (TPSA) is 117 Å². The van der Waals surface area contributed by atoms with Crippen LogP contribution in [0.3, 0.4) is 0 Å². The minimum atomic E-state index is -0.938. The van der Waals surface area contributed by atoms with Crippen molar-refractivity contribution in [1.82, 2.24) is 14.5 Å². The second kappa shape index (κ2) is 9.43. The summed E-state index contributed by atoms with van der Waals surface area (Å²) in [6.07, 6.45) is 0.639. The van der Waals surface area contributed by atoms with E-state index in [9.17, 15) is 19.2 Å². The Labute approximate surface area is 191 Å². The SMILES string of the molecule is COC(=O)c1nc(C2CCCN2C(=O)OC(C)(C)C)n(C)c(=O)c1OC(=O)c1ccccc1. The van der Waals surface area contributed by atoms with Crippen LogP contribution < -0.4 is 10.3 Å². The monoisotopic (exact) mass is 457 g/mol. The fourth-order valence-corrected chi connectivity index (χ4v) is 3.52. The van der Waals surface area contributed by atoms with E-state index in [0.717, 1.165) is 7.11 Å². The van der Waals surface area contributed by atoms with Crippen molar-refractivity contribution in [2.45, 2.75) is 45.3 Å². The van der Waals surface area contributed by atoms with Crippen LogP contribution in [0.25, 0.3) is 0 Å². The zero-order valence-electron chi connectivity index (χ0n) is 19.3. The van der Waals surface area contributed by atoms with Crippen LogP contribution in [0.4, 0.5) is 4.79 Å². The number of esters is 2. The first-order chi connectivity index (χ1) is 15.5. The summed E-state index contributed by atoms with van der Waals surface area (Å²) in [5, 5.41) is 0. The molecule has 0 bridgehead atoms. The highest BCUT2D eigenvalue weighted by atomic mass is 16.6. The minimum Gasteiger partial charge on any atom is -0.464 e. The molecule has 176 valence electrons. The van der Waals surface area contributed by atoms with Gasteiger partial charge in [-0.2, -0.15) is 0 Å². The van der Waals surface area contributed by atoms with Crippen molar-refractivity contribution in [2.75, 3.05) is 13.7 Å². The van der Waals surface area contributed by atoms with Crippen LogP contribution in [0.1, 0.15) is 66.3 Å². The van der Waals surface area contributed by atoms with Gasteiger partial charge >= 0.3 is 18.0 Å². The van der Waals surface area contributed by atoms with Gasteiger partial charge in [-0.3, -0.25) is 14.3 Å². The van der Waals surface area contributed by atoms with Crippen LogP contribution >= 0.6 is 0 Å². The van der Waals surface area contributed by atoms with Gasteiger partial charge in [-0.15, -0.1) is 0 Å². The number of likely N-dealkylation sites (tertiary alicyclic amines) is 1. The largest absolute Gasteiger partial charge is 0.464 e. The van der Waals surface area contributed by atoms with Crippen LogP contribution in [0, 0.1) is 0 Å². The maximum atomic E-state index is 13.2. The normalized spacial score (nSPS) is 15.8. The van der Waals surface area contributed by atoms with Gasteiger partial charge in [0.05, 0.1) is 18.7 Å². The lowest BCUT2D eigenvalue weighted by Gasteiger charge is -2.29. The number of carbonyl (C=O) groups is 3. The molecule has 1 aromatic heterocycles. The molecule has 0 radical (unpaired) electrons. The highest BCUT2D eigenvalue weighted by Gasteiger charge is 2.37. The Kier molecular flexibility index (Phi) is 6.85. The molecule has 1 aliphatic rings. The number of amides is 1. The average molecular weight is 457 g/mol. The third kappa shape index (κ3) is 5.21. The fraction of sp³-hybridized carbons (Fsp3) is 0.435. The van der Waals surface area contributed by atoms with E-state index in [4.69, 9.17) is 14.2 Å². The number of hydrogen-bond acceptors (Lipinski definition) is 8. The van der Waals surface area contributed by atoms with E-state index in [1.807, 2.05) is 0 Å². The van der Waals surface area contributed by atoms with Crippen molar-refractivity contribution in [3.8, 4) is 5.75 Å². The van der Waals surface area contributed by atoms with Gasteiger partial charge in [-0.1, -0.05) is 18.2 Å². The van der Waals surface area contributed by atoms with Gasteiger partial charge in [-0.25, -0.2) is 19.4 Å². The van der Waals surface area contributed by atoms with Crippen LogP contribution in [0.2, 0.25) is 0 Å². The molecule has 0 spiro atoms. The van der Waals surface area contributed by atoms with Crippen LogP contribution in [0.5, 0.6) is 5.75 Å². The highest BCUT2D eigenvalue weighted by molar-refractivity contribution is 5.94. The molecule has 1 aromatic carbocycles. The molecule has 10 nitrogen and oxygen atoms in total. The van der Waals surface area contributed by atoms with E-state index >= 15 is 0 Å². The number of carbonyl (C=O) groups excluding carboxylic acids is 3. The summed E-state index contributed by atoms with van der Waals surface area (Å²) in [6.45, 7) is 5.69. The quantitative estimate of drug-likeness (QED) is 0.644. The van der Waals surface area contributed by atoms with Gasteiger partial charge in [0.25, 0.3) is 5.56 Å². The molecular weight excluding hydrogens is 430 g/mol. The molecule has 1 fully saturated rings. The number of rotatable bonds is 4. The molecule has 33 heavy (non-hydrogen) atoms. The predicted octanol–water partition coefficient (Wildman–Crippen LogP) is 2.86. The number of nitrogens with zero attached hydrogens (tertiary/aromatic N) is 3. The lowest BCUT2D eigenvalue weighted by Crippen LogP contribution is -2.39. The first-order valence-electron chi connectivity index (χ1n) is 10.5. The summed E-state index contributed by atoms with van der Waals surface area (Å²) in [4.78, 5) is 56.7. The first kappa shape index (κ1) is 24.0. The van der Waals surface area contributed by atoms with E-state index in [0.29, 0.717) is 19.4 Å². The highest BCUT2D eigenvalue weighted by Crippen LogP contribution is 2.32. The molecular formula is C23H27N3O7. The molecule has 3 rings (SSSR count). The van der Waals surface area contributed by atoms with E-state index in [-0.39, 0.29) is 11.4 Å². The molecule has 10 heteroatoms. The Morgan fingerprint density at radius 3 is 2.36 bits per heavy atom. The molecule has 1 aliphatic heterocycles. The molecule has 1 atom stereocenters. The van der Waals surface area contributed by atoms with Gasteiger partial charge in [0, 0.05) is 13.6 Å². The zero-order valence-corrected chi connectivity index (χ0v) is 19.3. The minimum absolute atomic E-state index is 0.170. The van der Waals surface area contributed by atoms with E-state index < -0.39 is 46.7 Å². The molecule has 0 N–H and O–H groups in total. The lowest BCUT2D eigenvalue weighted by molar-refractivity contribution is 0.0215. The molecule has 1 amide bonds. The van der Waals surface area contributed by atoms with Crippen molar-refractivity contribution < 1.29 is 28.6 Å². The third-order valence-electron chi connectivity index (χ3n) is 5.05. The average Bonchev–Trinajstić information content (AvgIpc) is 3.26. The molecule has 2 heterocycles. The van der Waals surface area contributed by atoms with Crippen LogP contribution in [0.15, 0.2) is 35.1 Å². The summed E-state index contributed by atoms with van der Waals surface area (Å²) in [7, 11) is 2.57. The van der Waals surface area contributed by atoms with Crippen LogP contribution in [-0.2, 0) is 16.5 Å². The number of methoxy groups -OCH3 is 1. The van der Waals surface area contributed by atoms with Gasteiger partial charge in [-0.05, 0) is 45.7 Å². The van der Waals surface area contributed by atoms with Crippen molar-refractivity contribution in [3.05, 3.63) is 57.8 Å². The molecule has 1 saturated heterocycles. The van der Waals surface area contributed by atoms with Gasteiger partial charge in [0.2, 0.25) is 5.75 Å². The van der Waals surface area contributed by atoms with Crippen molar-refractivity contribution in [2.24, 2.45) is 7.05 Å². The Morgan fingerprint density at radius 1 is 1.09 bits per heavy atom. The second-order valence-electron chi connectivity index (χ2n) is 8.59. The summed E-state index contributed by atoms with van der Waals surface area (Å²) < 4.78 is 16.7. The summed E-state index contributed by atoms with van der Waals surface area (Å²) in [5.41, 5.74) is -1.68. The molecule has 1 unspecified atom stereocenters. The van der Waals surface area contributed by atoms with Crippen LogP contribution in [-0.4, -0.2) is 51.7 Å².